The minimum absolute atomic E-state index is 0.0667. The van der Waals surface area contributed by atoms with Crippen LogP contribution in [0.4, 0.5) is 5.69 Å². The third kappa shape index (κ3) is 21.6. The van der Waals surface area contributed by atoms with E-state index in [0.29, 0.717) is 25.0 Å². The van der Waals surface area contributed by atoms with Gasteiger partial charge in [-0.2, -0.15) is 0 Å². The van der Waals surface area contributed by atoms with Crippen molar-refractivity contribution in [3.63, 3.8) is 0 Å². The molecule has 2 rings (SSSR count). The number of carboxylic acids is 1. The predicted octanol–water partition coefficient (Wildman–Crippen LogP) is 9.82. The highest BCUT2D eigenvalue weighted by molar-refractivity contribution is 5.94. The molecule has 2 aromatic rings. The number of carbonyl (C=O) groups is 5. The van der Waals surface area contributed by atoms with Crippen molar-refractivity contribution in [2.24, 2.45) is 21.7 Å². The van der Waals surface area contributed by atoms with E-state index in [4.69, 9.17) is 19.3 Å². The van der Waals surface area contributed by atoms with Gasteiger partial charge in [0.1, 0.15) is 19.8 Å². The molecular formula is C43H67NO9. The molecule has 0 aliphatic carbocycles. The number of amides is 1. The van der Waals surface area contributed by atoms with Gasteiger partial charge in [0.2, 0.25) is 5.91 Å². The van der Waals surface area contributed by atoms with Crippen molar-refractivity contribution in [2.75, 3.05) is 18.5 Å². The summed E-state index contributed by atoms with van der Waals surface area (Å²) in [5, 5.41) is 11.3. The van der Waals surface area contributed by atoms with E-state index >= 15 is 0 Å². The number of rotatable bonds is 15. The van der Waals surface area contributed by atoms with Crippen molar-refractivity contribution in [1.29, 1.82) is 0 Å². The van der Waals surface area contributed by atoms with Gasteiger partial charge in [0, 0.05) is 16.7 Å². The van der Waals surface area contributed by atoms with Crippen molar-refractivity contribution in [3.05, 3.63) is 78.4 Å². The molecule has 0 saturated carbocycles. The number of carbonyl (C=O) groups excluding carboxylic acids is 4. The molecule has 0 atom stereocenters. The molecular weight excluding hydrogens is 674 g/mol. The van der Waals surface area contributed by atoms with Gasteiger partial charge in [-0.3, -0.25) is 19.2 Å². The molecule has 0 aromatic heterocycles. The first-order valence-electron chi connectivity index (χ1n) is 18.2. The minimum Gasteiger partial charge on any atom is -0.481 e. The lowest BCUT2D eigenvalue weighted by Crippen LogP contribution is -2.29. The summed E-state index contributed by atoms with van der Waals surface area (Å²) in [7, 11) is 0. The monoisotopic (exact) mass is 741 g/mol. The van der Waals surface area contributed by atoms with Crippen LogP contribution in [0.1, 0.15) is 121 Å². The molecule has 1 amide bonds. The average Bonchev–Trinajstić information content (AvgIpc) is 3.13. The van der Waals surface area contributed by atoms with Gasteiger partial charge in [0.15, 0.2) is 0 Å². The Morgan fingerprint density at radius 1 is 0.604 bits per heavy atom. The van der Waals surface area contributed by atoms with Crippen LogP contribution in [0, 0.1) is 21.7 Å². The molecule has 2 aromatic carbocycles. The Balaban J connectivity index is 0. The Morgan fingerprint density at radius 2 is 1.00 bits per heavy atom. The molecule has 0 bridgehead atoms. The van der Waals surface area contributed by atoms with Crippen LogP contribution < -0.4 is 5.32 Å². The molecule has 10 nitrogen and oxygen atoms in total. The molecule has 0 aliphatic heterocycles. The van der Waals surface area contributed by atoms with E-state index < -0.39 is 22.8 Å². The standard InChI is InChI=1S/C13H18O2.C12H17NO.C12H20O4.C6H12O2/c1-4-13(2,3)12(14)15-10-11-8-6-5-7-9-11;1-4-12(2,3)11(14)13-10-8-6-5-7-9-10;1-6-12(4,5)11(14)16-8-7-15-10(13)9(2)3;1-4-6(2,3)5(7)8/h5-9H,4,10H2,1-3H3;5-9H,4H2,1-3H3,(H,13,14);2,6-8H2,1,3-5H3;4H2,1-3H3,(H,7,8). The Hall–Kier alpha value is -4.47. The van der Waals surface area contributed by atoms with Gasteiger partial charge in [-0.1, -0.05) is 96.7 Å². The summed E-state index contributed by atoms with van der Waals surface area (Å²) in [4.78, 5) is 56.1. The lowest BCUT2D eigenvalue weighted by atomic mass is 9.89. The molecule has 53 heavy (non-hydrogen) atoms. The molecule has 10 heteroatoms. The van der Waals surface area contributed by atoms with Crippen LogP contribution in [-0.2, 0) is 44.8 Å². The predicted molar refractivity (Wildman–Crippen MR) is 212 cm³/mol. The molecule has 0 unspecified atom stereocenters. The normalized spacial score (nSPS) is 11.0. The molecule has 0 fully saturated rings. The van der Waals surface area contributed by atoms with Crippen LogP contribution in [0.25, 0.3) is 0 Å². The van der Waals surface area contributed by atoms with E-state index in [2.05, 4.69) is 11.9 Å². The number of nitrogens with one attached hydrogen (secondary N) is 1. The maximum absolute atomic E-state index is 11.8. The fourth-order valence-electron chi connectivity index (χ4n) is 2.93. The number of aliphatic carboxylic acids is 1. The SMILES string of the molecule is C=C(C)C(=O)OCCOC(=O)C(C)(C)CC.CCC(C)(C)C(=O)Nc1ccccc1.CCC(C)(C)C(=O)O.CCC(C)(C)C(=O)OCc1ccccc1. The number of para-hydroxylation sites is 1. The number of esters is 3. The van der Waals surface area contributed by atoms with E-state index in [-0.39, 0.29) is 41.9 Å². The van der Waals surface area contributed by atoms with Crippen LogP contribution in [-0.4, -0.2) is 48.1 Å². The highest BCUT2D eigenvalue weighted by Crippen LogP contribution is 2.24. The average molecular weight is 742 g/mol. The number of hydrogen-bond donors (Lipinski definition) is 2. The van der Waals surface area contributed by atoms with Gasteiger partial charge < -0.3 is 24.6 Å². The van der Waals surface area contributed by atoms with E-state index in [9.17, 15) is 24.0 Å². The van der Waals surface area contributed by atoms with E-state index in [1.54, 1.807) is 20.8 Å². The zero-order chi connectivity index (χ0) is 41.5. The Labute approximate surface area is 319 Å². The Kier molecular flexibility index (Phi) is 23.6. The van der Waals surface area contributed by atoms with Gasteiger partial charge in [-0.15, -0.1) is 0 Å². The molecule has 298 valence electrons. The van der Waals surface area contributed by atoms with Crippen molar-refractivity contribution in [3.8, 4) is 0 Å². The zero-order valence-corrected chi connectivity index (χ0v) is 34.6. The van der Waals surface area contributed by atoms with Crippen LogP contribution in [0.15, 0.2) is 72.8 Å². The minimum atomic E-state index is -0.722. The lowest BCUT2D eigenvalue weighted by Gasteiger charge is -2.21. The fraction of sp³-hybridized carbons (Fsp3) is 0.558. The van der Waals surface area contributed by atoms with Crippen LogP contribution in [0.3, 0.4) is 0 Å². The fourth-order valence-corrected chi connectivity index (χ4v) is 2.93. The van der Waals surface area contributed by atoms with Gasteiger partial charge in [0.05, 0.1) is 16.2 Å². The van der Waals surface area contributed by atoms with Gasteiger partial charge in [-0.05, 0) is 91.8 Å². The molecule has 0 radical (unpaired) electrons. The van der Waals surface area contributed by atoms with Crippen molar-refractivity contribution < 1.29 is 43.3 Å². The molecule has 0 spiro atoms. The second-order valence-electron chi connectivity index (χ2n) is 15.2. The Bertz CT molecular complexity index is 1410. The van der Waals surface area contributed by atoms with E-state index in [1.165, 1.54) is 0 Å². The maximum atomic E-state index is 11.8. The first kappa shape index (κ1) is 50.6. The summed E-state index contributed by atoms with van der Waals surface area (Å²) >= 11 is 0. The van der Waals surface area contributed by atoms with Crippen LogP contribution in [0.2, 0.25) is 0 Å². The second-order valence-corrected chi connectivity index (χ2v) is 15.2. The summed E-state index contributed by atoms with van der Waals surface area (Å²) in [5.41, 5.74) is 0.514. The highest BCUT2D eigenvalue weighted by atomic mass is 16.6. The second kappa shape index (κ2) is 24.7. The maximum Gasteiger partial charge on any atom is 0.333 e. The Morgan fingerprint density at radius 3 is 1.38 bits per heavy atom. The number of ether oxygens (including phenoxy) is 3. The quantitative estimate of drug-likeness (QED) is 0.0788. The summed E-state index contributed by atoms with van der Waals surface area (Å²) in [6.45, 7) is 28.1. The first-order valence-corrected chi connectivity index (χ1v) is 18.2. The molecule has 0 saturated heterocycles. The summed E-state index contributed by atoms with van der Waals surface area (Å²) in [6.07, 6.45) is 3.02. The third-order valence-corrected chi connectivity index (χ3v) is 8.98. The number of anilines is 1. The van der Waals surface area contributed by atoms with E-state index in [1.807, 2.05) is 130 Å². The van der Waals surface area contributed by atoms with E-state index in [0.717, 1.165) is 24.1 Å². The summed E-state index contributed by atoms with van der Waals surface area (Å²) in [6, 6.07) is 19.3. The van der Waals surface area contributed by atoms with Gasteiger partial charge >= 0.3 is 23.9 Å². The summed E-state index contributed by atoms with van der Waals surface area (Å²) in [5.74, 6) is -1.52. The lowest BCUT2D eigenvalue weighted by molar-refractivity contribution is -0.158. The zero-order valence-electron chi connectivity index (χ0n) is 34.6. The smallest absolute Gasteiger partial charge is 0.333 e. The third-order valence-electron chi connectivity index (χ3n) is 8.98. The van der Waals surface area contributed by atoms with Crippen LogP contribution in [0.5, 0.6) is 0 Å². The number of carboxylic acid groups (broad SMARTS) is 1. The largest absolute Gasteiger partial charge is 0.481 e. The molecule has 2 N–H and O–H groups in total. The molecule has 0 heterocycles. The van der Waals surface area contributed by atoms with Crippen molar-refractivity contribution in [1.82, 2.24) is 0 Å². The van der Waals surface area contributed by atoms with Gasteiger partial charge in [0.25, 0.3) is 0 Å². The summed E-state index contributed by atoms with van der Waals surface area (Å²) < 4.78 is 15.0. The first-order chi connectivity index (χ1) is 24.4. The molecule has 0 aliphatic rings. The topological polar surface area (TPSA) is 145 Å². The van der Waals surface area contributed by atoms with Crippen molar-refractivity contribution in [2.45, 2.75) is 122 Å². The highest BCUT2D eigenvalue weighted by Gasteiger charge is 2.28. The number of hydrogen-bond acceptors (Lipinski definition) is 8. The van der Waals surface area contributed by atoms with Crippen LogP contribution >= 0.6 is 0 Å². The van der Waals surface area contributed by atoms with Gasteiger partial charge in [-0.25, -0.2) is 4.79 Å². The number of benzene rings is 2. The van der Waals surface area contributed by atoms with Crippen molar-refractivity contribution >= 4 is 35.5 Å².